The van der Waals surface area contributed by atoms with Gasteiger partial charge in [-0.3, -0.25) is 0 Å². The van der Waals surface area contributed by atoms with Crippen LogP contribution in [0.3, 0.4) is 0 Å². The average Bonchev–Trinajstić information content (AvgIpc) is 2.68. The number of rotatable bonds is 1. The van der Waals surface area contributed by atoms with Gasteiger partial charge in [-0.15, -0.1) is 0 Å². The molecule has 0 spiro atoms. The quantitative estimate of drug-likeness (QED) is 0.588. The monoisotopic (exact) mass is 370 g/mol. The van der Waals surface area contributed by atoms with E-state index in [4.69, 9.17) is 34.8 Å². The minimum Gasteiger partial charge on any atom is -0.233 e. The molecule has 0 aliphatic heterocycles. The highest BCUT2D eigenvalue weighted by atomic mass is 35.5. The van der Waals surface area contributed by atoms with Gasteiger partial charge in [-0.05, 0) is 18.2 Å². The van der Waals surface area contributed by atoms with Crippen LogP contribution in [0, 0.1) is 0 Å². The van der Waals surface area contributed by atoms with Gasteiger partial charge in [0.05, 0.1) is 21.3 Å². The van der Waals surface area contributed by atoms with Crippen molar-refractivity contribution in [1.82, 2.24) is 9.78 Å². The van der Waals surface area contributed by atoms with Crippen LogP contribution in [0.4, 0.5) is 13.2 Å². The van der Waals surface area contributed by atoms with E-state index in [1.54, 1.807) is 6.07 Å². The molecule has 0 aliphatic carbocycles. The molecule has 22 heavy (non-hydrogen) atoms. The Bertz CT molecular complexity index is 692. The van der Waals surface area contributed by atoms with Crippen molar-refractivity contribution in [2.24, 2.45) is 0 Å². The van der Waals surface area contributed by atoms with Crippen molar-refractivity contribution in [3.63, 3.8) is 0 Å². The zero-order chi connectivity index (χ0) is 16.9. The molecule has 0 fully saturated rings. The van der Waals surface area contributed by atoms with Crippen LogP contribution >= 0.6 is 34.8 Å². The Balaban J connectivity index is 2.70. The molecular formula is C14H12Cl3F3N2. The minimum atomic E-state index is -4.53. The Labute approximate surface area is 140 Å². The number of halogens is 6. The predicted octanol–water partition coefficient (Wildman–Crippen LogP) is 6.15. The Morgan fingerprint density at radius 1 is 0.955 bits per heavy atom. The normalized spacial score (nSPS) is 12.8. The van der Waals surface area contributed by atoms with E-state index in [2.05, 4.69) is 5.10 Å². The lowest BCUT2D eigenvalue weighted by atomic mass is 9.92. The van der Waals surface area contributed by atoms with Crippen molar-refractivity contribution in [1.29, 1.82) is 0 Å². The summed E-state index contributed by atoms with van der Waals surface area (Å²) in [5.41, 5.74) is -0.411. The molecule has 0 radical (unpaired) electrons. The van der Waals surface area contributed by atoms with E-state index in [1.165, 1.54) is 4.68 Å². The van der Waals surface area contributed by atoms with Crippen LogP contribution < -0.4 is 0 Å². The SMILES string of the molecule is CC(C)(C)c1cc(Cl)nn1-c1c(Cl)cc(C(F)(F)F)cc1Cl. The molecule has 1 aromatic heterocycles. The van der Waals surface area contributed by atoms with Crippen molar-refractivity contribution in [3.05, 3.63) is 44.7 Å². The summed E-state index contributed by atoms with van der Waals surface area (Å²) in [7, 11) is 0. The number of hydrogen-bond acceptors (Lipinski definition) is 1. The first-order valence-corrected chi connectivity index (χ1v) is 7.37. The molecule has 0 amide bonds. The van der Waals surface area contributed by atoms with Gasteiger partial charge in [0.25, 0.3) is 0 Å². The summed E-state index contributed by atoms with van der Waals surface area (Å²) in [6.07, 6.45) is -4.53. The first-order valence-electron chi connectivity index (χ1n) is 6.24. The molecule has 0 atom stereocenters. The molecule has 0 N–H and O–H groups in total. The summed E-state index contributed by atoms with van der Waals surface area (Å²) in [6.45, 7) is 5.76. The van der Waals surface area contributed by atoms with Crippen LogP contribution in [0.15, 0.2) is 18.2 Å². The van der Waals surface area contributed by atoms with Crippen LogP contribution in [0.1, 0.15) is 32.0 Å². The van der Waals surface area contributed by atoms with Gasteiger partial charge in [0.15, 0.2) is 5.15 Å². The summed E-state index contributed by atoms with van der Waals surface area (Å²) >= 11 is 18.0. The number of nitrogens with zero attached hydrogens (tertiary/aromatic N) is 2. The maximum atomic E-state index is 12.8. The van der Waals surface area contributed by atoms with Crippen molar-refractivity contribution in [2.75, 3.05) is 0 Å². The van der Waals surface area contributed by atoms with E-state index < -0.39 is 11.7 Å². The third-order valence-corrected chi connectivity index (χ3v) is 3.76. The van der Waals surface area contributed by atoms with Gasteiger partial charge in [0, 0.05) is 5.41 Å². The van der Waals surface area contributed by atoms with Gasteiger partial charge in [0.2, 0.25) is 0 Å². The smallest absolute Gasteiger partial charge is 0.233 e. The first kappa shape index (κ1) is 17.4. The summed E-state index contributed by atoms with van der Waals surface area (Å²) in [5.74, 6) is 0. The van der Waals surface area contributed by atoms with Crippen LogP contribution in [0.5, 0.6) is 0 Å². The molecule has 2 rings (SSSR count). The zero-order valence-electron chi connectivity index (χ0n) is 11.9. The van der Waals surface area contributed by atoms with E-state index in [1.807, 2.05) is 20.8 Å². The van der Waals surface area contributed by atoms with Gasteiger partial charge >= 0.3 is 6.18 Å². The van der Waals surface area contributed by atoms with Crippen molar-refractivity contribution < 1.29 is 13.2 Å². The molecule has 1 heterocycles. The second-order valence-electron chi connectivity index (χ2n) is 5.80. The number of alkyl halides is 3. The van der Waals surface area contributed by atoms with E-state index >= 15 is 0 Å². The lowest BCUT2D eigenvalue weighted by molar-refractivity contribution is -0.137. The zero-order valence-corrected chi connectivity index (χ0v) is 14.2. The molecule has 0 unspecified atom stereocenters. The Hall–Kier alpha value is -0.910. The second kappa shape index (κ2) is 5.62. The van der Waals surface area contributed by atoms with Gasteiger partial charge in [0.1, 0.15) is 5.69 Å². The maximum absolute atomic E-state index is 12.8. The Morgan fingerprint density at radius 2 is 1.45 bits per heavy atom. The number of aromatic nitrogens is 2. The highest BCUT2D eigenvalue weighted by Crippen LogP contribution is 2.39. The lowest BCUT2D eigenvalue weighted by Crippen LogP contribution is -2.18. The molecule has 2 aromatic rings. The fourth-order valence-electron chi connectivity index (χ4n) is 1.99. The van der Waals surface area contributed by atoms with Crippen molar-refractivity contribution in [2.45, 2.75) is 32.4 Å². The van der Waals surface area contributed by atoms with Crippen LogP contribution in [-0.2, 0) is 11.6 Å². The topological polar surface area (TPSA) is 17.8 Å². The van der Waals surface area contributed by atoms with E-state index in [0.29, 0.717) is 5.69 Å². The van der Waals surface area contributed by atoms with Crippen LogP contribution in [0.2, 0.25) is 15.2 Å². The number of benzene rings is 1. The molecule has 0 bridgehead atoms. The summed E-state index contributed by atoms with van der Waals surface area (Å²) in [5, 5.41) is 4.00. The van der Waals surface area contributed by atoms with Crippen molar-refractivity contribution in [3.8, 4) is 5.69 Å². The van der Waals surface area contributed by atoms with Crippen LogP contribution in [0.25, 0.3) is 5.69 Å². The maximum Gasteiger partial charge on any atom is 0.416 e. The fraction of sp³-hybridized carbons (Fsp3) is 0.357. The Morgan fingerprint density at radius 3 is 1.86 bits per heavy atom. The van der Waals surface area contributed by atoms with Crippen LogP contribution in [-0.4, -0.2) is 9.78 Å². The molecule has 0 saturated heterocycles. The molecule has 2 nitrogen and oxygen atoms in total. The van der Waals surface area contributed by atoms with Gasteiger partial charge in [-0.25, -0.2) is 4.68 Å². The molecule has 8 heteroatoms. The van der Waals surface area contributed by atoms with E-state index in [0.717, 1.165) is 12.1 Å². The molecular weight excluding hydrogens is 360 g/mol. The van der Waals surface area contributed by atoms with E-state index in [9.17, 15) is 13.2 Å². The van der Waals surface area contributed by atoms with Crippen molar-refractivity contribution >= 4 is 34.8 Å². The molecule has 120 valence electrons. The van der Waals surface area contributed by atoms with E-state index in [-0.39, 0.29) is 26.3 Å². The number of hydrogen-bond donors (Lipinski definition) is 0. The van der Waals surface area contributed by atoms with Gasteiger partial charge in [-0.2, -0.15) is 18.3 Å². The summed E-state index contributed by atoms with van der Waals surface area (Å²) in [4.78, 5) is 0. The average molecular weight is 372 g/mol. The molecule has 1 aromatic carbocycles. The Kier molecular flexibility index (Phi) is 4.46. The highest BCUT2D eigenvalue weighted by Gasteiger charge is 2.33. The van der Waals surface area contributed by atoms with Gasteiger partial charge in [-0.1, -0.05) is 55.6 Å². The standard InChI is InChI=1S/C14H12Cl3F3N2/c1-13(2,3)10-6-11(17)21-22(10)12-8(15)4-7(5-9(12)16)14(18,19)20/h4-6H,1-3H3. The lowest BCUT2D eigenvalue weighted by Gasteiger charge is -2.21. The predicted molar refractivity (Wildman–Crippen MR) is 82.3 cm³/mol. The highest BCUT2D eigenvalue weighted by molar-refractivity contribution is 6.38. The third-order valence-electron chi connectivity index (χ3n) is 3.00. The first-order chi connectivity index (χ1) is 9.91. The fourth-order valence-corrected chi connectivity index (χ4v) is 2.81. The molecule has 0 aliphatic rings. The minimum absolute atomic E-state index is 0.148. The van der Waals surface area contributed by atoms with Gasteiger partial charge < -0.3 is 0 Å². The molecule has 0 saturated carbocycles. The summed E-state index contributed by atoms with van der Waals surface area (Å²) < 4.78 is 39.8. The largest absolute Gasteiger partial charge is 0.416 e. The second-order valence-corrected chi connectivity index (χ2v) is 7.00. The summed E-state index contributed by atoms with van der Waals surface area (Å²) in [6, 6.07) is 3.28. The third kappa shape index (κ3) is 3.36.